The first-order valence-corrected chi connectivity index (χ1v) is 4.53. The minimum atomic E-state index is -0.445. The van der Waals surface area contributed by atoms with Gasteiger partial charge in [0, 0.05) is 22.7 Å². The van der Waals surface area contributed by atoms with Gasteiger partial charge in [-0.2, -0.15) is 0 Å². The topological polar surface area (TPSA) is 62.3 Å². The normalized spacial score (nSPS) is 10.5. The number of H-pyrrole nitrogens is 1. The molecule has 15 heavy (non-hydrogen) atoms. The molecule has 0 amide bonds. The second-order valence-electron chi connectivity index (χ2n) is 3.33. The summed E-state index contributed by atoms with van der Waals surface area (Å²) >= 11 is 0. The van der Waals surface area contributed by atoms with Gasteiger partial charge in [-0.3, -0.25) is 0 Å². The van der Waals surface area contributed by atoms with Crippen LogP contribution in [0.25, 0.3) is 10.9 Å². The van der Waals surface area contributed by atoms with E-state index < -0.39 is 5.97 Å². The smallest absolute Gasteiger partial charge is 0.338 e. The van der Waals surface area contributed by atoms with Gasteiger partial charge in [0.05, 0.1) is 12.7 Å². The number of phenols is 1. The number of carbonyl (C=O) groups excluding carboxylic acids is 1. The van der Waals surface area contributed by atoms with Gasteiger partial charge < -0.3 is 14.8 Å². The van der Waals surface area contributed by atoms with Crippen molar-refractivity contribution in [3.05, 3.63) is 29.5 Å². The molecule has 2 aromatic rings. The Morgan fingerprint density at radius 1 is 1.53 bits per heavy atom. The number of esters is 1. The lowest BCUT2D eigenvalue weighted by Gasteiger charge is -2.06. The molecule has 4 nitrogen and oxygen atoms in total. The minimum Gasteiger partial charge on any atom is -0.507 e. The van der Waals surface area contributed by atoms with Gasteiger partial charge in [-0.25, -0.2) is 4.79 Å². The molecule has 1 aromatic carbocycles. The van der Waals surface area contributed by atoms with Gasteiger partial charge in [-0.1, -0.05) is 0 Å². The van der Waals surface area contributed by atoms with E-state index in [4.69, 9.17) is 0 Å². The predicted octanol–water partition coefficient (Wildman–Crippen LogP) is 1.97. The number of hydrogen-bond acceptors (Lipinski definition) is 3. The Bertz CT molecular complexity index is 528. The predicted molar refractivity (Wildman–Crippen MR) is 56.0 cm³/mol. The molecule has 0 aliphatic heterocycles. The highest BCUT2D eigenvalue weighted by atomic mass is 16.5. The number of aromatic nitrogens is 1. The lowest BCUT2D eigenvalue weighted by molar-refractivity contribution is 0.0599. The van der Waals surface area contributed by atoms with Crippen LogP contribution in [0.1, 0.15) is 15.9 Å². The van der Waals surface area contributed by atoms with Crippen molar-refractivity contribution in [1.82, 2.24) is 4.98 Å². The van der Waals surface area contributed by atoms with Crippen LogP contribution in [0.3, 0.4) is 0 Å². The van der Waals surface area contributed by atoms with E-state index in [0.29, 0.717) is 16.5 Å². The van der Waals surface area contributed by atoms with Gasteiger partial charge in [0.15, 0.2) is 0 Å². The molecule has 0 aliphatic rings. The lowest BCUT2D eigenvalue weighted by Crippen LogP contribution is -2.03. The molecule has 1 aromatic heterocycles. The maximum absolute atomic E-state index is 11.4. The fraction of sp³-hybridized carbons (Fsp3) is 0.182. The summed E-state index contributed by atoms with van der Waals surface area (Å²) in [6.07, 6.45) is 1.71. The second kappa shape index (κ2) is 3.31. The second-order valence-corrected chi connectivity index (χ2v) is 3.33. The van der Waals surface area contributed by atoms with Crippen molar-refractivity contribution in [2.45, 2.75) is 6.92 Å². The van der Waals surface area contributed by atoms with Crippen molar-refractivity contribution in [2.75, 3.05) is 7.11 Å². The van der Waals surface area contributed by atoms with E-state index in [2.05, 4.69) is 9.72 Å². The van der Waals surface area contributed by atoms with Crippen LogP contribution in [0.4, 0.5) is 0 Å². The third-order valence-electron chi connectivity index (χ3n) is 2.49. The number of fused-ring (bicyclic) bond motifs is 1. The number of rotatable bonds is 1. The Hall–Kier alpha value is -1.97. The molecule has 78 valence electrons. The Kier molecular flexibility index (Phi) is 2.11. The summed E-state index contributed by atoms with van der Waals surface area (Å²) in [6, 6.07) is 3.44. The van der Waals surface area contributed by atoms with Gasteiger partial charge in [-0.05, 0) is 19.1 Å². The third kappa shape index (κ3) is 1.34. The fourth-order valence-electron chi connectivity index (χ4n) is 1.61. The van der Waals surface area contributed by atoms with Gasteiger partial charge in [0.1, 0.15) is 5.75 Å². The maximum Gasteiger partial charge on any atom is 0.338 e. The number of methoxy groups -OCH3 is 1. The standard InChI is InChI=1S/C11H11NO3/c1-6-8(11(14)15-2)5-9-7(10(6)13)3-4-12-9/h3-5,12-13H,1-2H3. The first-order chi connectivity index (χ1) is 7.15. The van der Waals surface area contributed by atoms with E-state index in [9.17, 15) is 9.90 Å². The molecule has 0 aliphatic carbocycles. The molecule has 2 rings (SSSR count). The molecule has 4 heteroatoms. The van der Waals surface area contributed by atoms with Crippen molar-refractivity contribution < 1.29 is 14.6 Å². The van der Waals surface area contributed by atoms with Gasteiger partial charge in [-0.15, -0.1) is 0 Å². The van der Waals surface area contributed by atoms with Crippen LogP contribution < -0.4 is 0 Å². The monoisotopic (exact) mass is 205 g/mol. The average Bonchev–Trinajstić information content (AvgIpc) is 2.70. The van der Waals surface area contributed by atoms with Crippen LogP contribution >= 0.6 is 0 Å². The van der Waals surface area contributed by atoms with Crippen LogP contribution in [0.5, 0.6) is 5.75 Å². The Morgan fingerprint density at radius 2 is 2.27 bits per heavy atom. The van der Waals surface area contributed by atoms with Crippen LogP contribution in [0, 0.1) is 6.92 Å². The molecule has 0 unspecified atom stereocenters. The molecule has 0 spiro atoms. The number of aromatic hydroxyl groups is 1. The van der Waals surface area contributed by atoms with Gasteiger partial charge in [0.2, 0.25) is 0 Å². The van der Waals surface area contributed by atoms with Crippen LogP contribution in [0.15, 0.2) is 18.3 Å². The Labute approximate surface area is 86.5 Å². The van der Waals surface area contributed by atoms with Crippen molar-refractivity contribution >= 4 is 16.9 Å². The number of benzene rings is 1. The molecule has 2 N–H and O–H groups in total. The highest BCUT2D eigenvalue weighted by Gasteiger charge is 2.15. The third-order valence-corrected chi connectivity index (χ3v) is 2.49. The SMILES string of the molecule is COC(=O)c1cc2[nH]ccc2c(O)c1C. The van der Waals surface area contributed by atoms with Crippen molar-refractivity contribution in [1.29, 1.82) is 0 Å². The largest absolute Gasteiger partial charge is 0.507 e. The lowest BCUT2D eigenvalue weighted by atomic mass is 10.0. The molecule has 0 saturated heterocycles. The van der Waals surface area contributed by atoms with Crippen LogP contribution in [-0.4, -0.2) is 23.2 Å². The molecule has 0 saturated carbocycles. The van der Waals surface area contributed by atoms with Crippen molar-refractivity contribution in [2.24, 2.45) is 0 Å². The Balaban J connectivity index is 2.75. The van der Waals surface area contributed by atoms with E-state index in [1.807, 2.05) is 0 Å². The molecular formula is C11H11NO3. The number of phenolic OH excluding ortho intramolecular Hbond substituents is 1. The first kappa shape index (κ1) is 9.58. The molecule has 1 heterocycles. The van der Waals surface area contributed by atoms with E-state index >= 15 is 0 Å². The van der Waals surface area contributed by atoms with E-state index in [0.717, 1.165) is 5.52 Å². The summed E-state index contributed by atoms with van der Waals surface area (Å²) in [5, 5.41) is 10.6. The average molecular weight is 205 g/mol. The minimum absolute atomic E-state index is 0.120. The number of ether oxygens (including phenoxy) is 1. The molecular weight excluding hydrogens is 194 g/mol. The zero-order valence-electron chi connectivity index (χ0n) is 8.50. The van der Waals surface area contributed by atoms with Crippen LogP contribution in [-0.2, 0) is 4.74 Å². The van der Waals surface area contributed by atoms with Gasteiger partial charge >= 0.3 is 5.97 Å². The number of nitrogens with one attached hydrogen (secondary N) is 1. The molecule has 0 radical (unpaired) electrons. The zero-order chi connectivity index (χ0) is 11.0. The quantitative estimate of drug-likeness (QED) is 0.699. The molecule has 0 bridgehead atoms. The summed E-state index contributed by atoms with van der Waals surface area (Å²) in [5.74, 6) is -0.326. The zero-order valence-corrected chi connectivity index (χ0v) is 8.50. The number of aromatic amines is 1. The fourth-order valence-corrected chi connectivity index (χ4v) is 1.61. The van der Waals surface area contributed by atoms with Crippen molar-refractivity contribution in [3.8, 4) is 5.75 Å². The number of carbonyl (C=O) groups is 1. The Morgan fingerprint density at radius 3 is 2.93 bits per heavy atom. The molecule has 0 fully saturated rings. The van der Waals surface area contributed by atoms with Crippen LogP contribution in [0.2, 0.25) is 0 Å². The van der Waals surface area contributed by atoms with E-state index in [1.165, 1.54) is 7.11 Å². The van der Waals surface area contributed by atoms with Gasteiger partial charge in [0.25, 0.3) is 0 Å². The highest BCUT2D eigenvalue weighted by Crippen LogP contribution is 2.30. The summed E-state index contributed by atoms with van der Waals surface area (Å²) in [7, 11) is 1.32. The van der Waals surface area contributed by atoms with E-state index in [-0.39, 0.29) is 5.75 Å². The summed E-state index contributed by atoms with van der Waals surface area (Å²) < 4.78 is 4.63. The maximum atomic E-state index is 11.4. The van der Waals surface area contributed by atoms with E-state index in [1.54, 1.807) is 25.3 Å². The first-order valence-electron chi connectivity index (χ1n) is 4.53. The molecule has 0 atom stereocenters. The summed E-state index contributed by atoms with van der Waals surface area (Å²) in [4.78, 5) is 14.3. The number of hydrogen-bond donors (Lipinski definition) is 2. The highest BCUT2D eigenvalue weighted by molar-refractivity contribution is 5.99. The van der Waals surface area contributed by atoms with Crippen molar-refractivity contribution in [3.63, 3.8) is 0 Å². The summed E-state index contributed by atoms with van der Waals surface area (Å²) in [5.41, 5.74) is 1.64. The summed E-state index contributed by atoms with van der Waals surface area (Å²) in [6.45, 7) is 1.69.